The van der Waals surface area contributed by atoms with E-state index in [0.29, 0.717) is 0 Å². The Bertz CT molecular complexity index is 356. The topological polar surface area (TPSA) is 19.4 Å². The van der Waals surface area contributed by atoms with Crippen molar-refractivity contribution in [2.45, 2.75) is 20.4 Å². The molecule has 0 saturated carbocycles. The fourth-order valence-electron chi connectivity index (χ4n) is 2.38. The van der Waals surface area contributed by atoms with E-state index in [9.17, 15) is 0 Å². The Morgan fingerprint density at radius 3 is 2.39 bits per heavy atom. The number of nitrogens with zero attached hydrogens (tertiary/aromatic N) is 3. The maximum Gasteiger partial charge on any atom is 0.0544 e. The van der Waals surface area contributed by atoms with Gasteiger partial charge in [0.05, 0.1) is 5.69 Å². The first-order valence-corrected chi connectivity index (χ1v) is 7.48. The highest BCUT2D eigenvalue weighted by molar-refractivity contribution is 9.10. The molecule has 0 atom stereocenters. The van der Waals surface area contributed by atoms with Crippen molar-refractivity contribution in [2.75, 3.05) is 32.7 Å². The van der Waals surface area contributed by atoms with Crippen LogP contribution in [0.4, 0.5) is 0 Å². The maximum absolute atomic E-state index is 4.44. The van der Waals surface area contributed by atoms with Gasteiger partial charge in [0, 0.05) is 49.9 Å². The van der Waals surface area contributed by atoms with Crippen LogP contribution < -0.4 is 0 Å². The molecule has 3 nitrogen and oxygen atoms in total. The molecule has 1 aromatic rings. The van der Waals surface area contributed by atoms with Crippen LogP contribution >= 0.6 is 15.9 Å². The molecule has 18 heavy (non-hydrogen) atoms. The second-order valence-electron chi connectivity index (χ2n) is 5.44. The summed E-state index contributed by atoms with van der Waals surface area (Å²) in [6, 6.07) is 4.17. The number of aromatic nitrogens is 1. The van der Waals surface area contributed by atoms with E-state index in [2.05, 4.69) is 56.7 Å². The predicted molar refractivity (Wildman–Crippen MR) is 78.5 cm³/mol. The highest BCUT2D eigenvalue weighted by atomic mass is 79.9. The van der Waals surface area contributed by atoms with Gasteiger partial charge in [-0.3, -0.25) is 9.88 Å². The summed E-state index contributed by atoms with van der Waals surface area (Å²) in [5.41, 5.74) is 1.16. The molecule has 100 valence electrons. The molecule has 0 aromatic carbocycles. The number of rotatable bonds is 4. The second-order valence-corrected chi connectivity index (χ2v) is 6.35. The van der Waals surface area contributed by atoms with Crippen molar-refractivity contribution in [2.24, 2.45) is 5.92 Å². The number of piperazine rings is 1. The Balaban J connectivity index is 1.78. The lowest BCUT2D eigenvalue weighted by Crippen LogP contribution is -2.46. The molecule has 1 aliphatic rings. The highest BCUT2D eigenvalue weighted by Crippen LogP contribution is 2.11. The molecule has 0 N–H and O–H groups in total. The largest absolute Gasteiger partial charge is 0.301 e. The Kier molecular flexibility index (Phi) is 5.15. The van der Waals surface area contributed by atoms with E-state index in [1.165, 1.54) is 19.6 Å². The van der Waals surface area contributed by atoms with Gasteiger partial charge in [-0.2, -0.15) is 0 Å². The monoisotopic (exact) mass is 311 g/mol. The maximum atomic E-state index is 4.44. The zero-order chi connectivity index (χ0) is 13.0. The average Bonchev–Trinajstić information content (AvgIpc) is 2.34. The number of halogens is 1. The van der Waals surface area contributed by atoms with E-state index in [4.69, 9.17) is 0 Å². The first-order chi connectivity index (χ1) is 8.63. The zero-order valence-corrected chi connectivity index (χ0v) is 12.9. The minimum atomic E-state index is 0.768. The lowest BCUT2D eigenvalue weighted by atomic mass is 10.2. The summed E-state index contributed by atoms with van der Waals surface area (Å²) in [6.45, 7) is 11.5. The van der Waals surface area contributed by atoms with Crippen LogP contribution in [0.2, 0.25) is 0 Å². The smallest absolute Gasteiger partial charge is 0.0544 e. The average molecular weight is 312 g/mol. The number of hydrogen-bond donors (Lipinski definition) is 0. The standard InChI is InChI=1S/C14H22BrN3/c1-12(2)10-17-5-7-18(8-6-17)11-14-4-3-13(15)9-16-14/h3-4,9,12H,5-8,10-11H2,1-2H3. The molecule has 2 rings (SSSR count). The van der Waals surface area contributed by atoms with Gasteiger partial charge < -0.3 is 4.90 Å². The van der Waals surface area contributed by atoms with Crippen LogP contribution in [0.25, 0.3) is 0 Å². The van der Waals surface area contributed by atoms with Gasteiger partial charge in [-0.05, 0) is 34.0 Å². The lowest BCUT2D eigenvalue weighted by Gasteiger charge is -2.35. The van der Waals surface area contributed by atoms with Crippen LogP contribution in [0.15, 0.2) is 22.8 Å². The van der Waals surface area contributed by atoms with Crippen molar-refractivity contribution >= 4 is 15.9 Å². The molecule has 0 amide bonds. The fourth-order valence-corrected chi connectivity index (χ4v) is 2.61. The normalized spacial score (nSPS) is 18.4. The molecule has 2 heterocycles. The van der Waals surface area contributed by atoms with Crippen molar-refractivity contribution in [1.82, 2.24) is 14.8 Å². The molecule has 4 heteroatoms. The van der Waals surface area contributed by atoms with Crippen LogP contribution in [0.5, 0.6) is 0 Å². The van der Waals surface area contributed by atoms with E-state index in [1.807, 2.05) is 6.20 Å². The van der Waals surface area contributed by atoms with Crippen molar-refractivity contribution in [1.29, 1.82) is 0 Å². The Hall–Kier alpha value is -0.450. The van der Waals surface area contributed by atoms with Crippen LogP contribution in [0.1, 0.15) is 19.5 Å². The summed E-state index contributed by atoms with van der Waals surface area (Å²) in [5, 5.41) is 0. The van der Waals surface area contributed by atoms with Crippen LogP contribution in [0, 0.1) is 5.92 Å². The van der Waals surface area contributed by atoms with Crippen molar-refractivity contribution in [3.05, 3.63) is 28.5 Å². The Morgan fingerprint density at radius 2 is 1.83 bits per heavy atom. The molecule has 0 aliphatic carbocycles. The molecule has 1 aromatic heterocycles. The molecule has 1 saturated heterocycles. The predicted octanol–water partition coefficient (Wildman–Crippen LogP) is 2.62. The third kappa shape index (κ3) is 4.34. The summed E-state index contributed by atoms with van der Waals surface area (Å²) in [4.78, 5) is 9.50. The second kappa shape index (κ2) is 6.64. The SMILES string of the molecule is CC(C)CN1CCN(Cc2ccc(Br)cn2)CC1. The summed E-state index contributed by atoms with van der Waals surface area (Å²) in [7, 11) is 0. The quantitative estimate of drug-likeness (QED) is 0.852. The van der Waals surface area contributed by atoms with Gasteiger partial charge in [0.25, 0.3) is 0 Å². The van der Waals surface area contributed by atoms with Gasteiger partial charge in [0.15, 0.2) is 0 Å². The van der Waals surface area contributed by atoms with Gasteiger partial charge in [0.2, 0.25) is 0 Å². The molecule has 1 fully saturated rings. The Morgan fingerprint density at radius 1 is 1.17 bits per heavy atom. The van der Waals surface area contributed by atoms with Crippen molar-refractivity contribution in [3.8, 4) is 0 Å². The van der Waals surface area contributed by atoms with Crippen LogP contribution in [-0.4, -0.2) is 47.5 Å². The summed E-state index contributed by atoms with van der Waals surface area (Å²) >= 11 is 3.42. The van der Waals surface area contributed by atoms with E-state index >= 15 is 0 Å². The van der Waals surface area contributed by atoms with Crippen molar-refractivity contribution in [3.63, 3.8) is 0 Å². The molecule has 0 unspecified atom stereocenters. The third-order valence-electron chi connectivity index (χ3n) is 3.26. The molecule has 0 radical (unpaired) electrons. The Labute approximate surface area is 118 Å². The highest BCUT2D eigenvalue weighted by Gasteiger charge is 2.17. The first kappa shape index (κ1) is 14.0. The minimum Gasteiger partial charge on any atom is -0.301 e. The van der Waals surface area contributed by atoms with E-state index < -0.39 is 0 Å². The van der Waals surface area contributed by atoms with Gasteiger partial charge >= 0.3 is 0 Å². The van der Waals surface area contributed by atoms with Gasteiger partial charge in [-0.15, -0.1) is 0 Å². The molecular formula is C14H22BrN3. The summed E-state index contributed by atoms with van der Waals surface area (Å²) in [6.07, 6.45) is 1.88. The van der Waals surface area contributed by atoms with Crippen LogP contribution in [0.3, 0.4) is 0 Å². The van der Waals surface area contributed by atoms with Gasteiger partial charge in [-0.1, -0.05) is 13.8 Å². The van der Waals surface area contributed by atoms with Crippen molar-refractivity contribution < 1.29 is 0 Å². The van der Waals surface area contributed by atoms with Crippen LogP contribution in [-0.2, 0) is 6.54 Å². The number of pyridine rings is 1. The zero-order valence-electron chi connectivity index (χ0n) is 11.3. The minimum absolute atomic E-state index is 0.768. The number of hydrogen-bond acceptors (Lipinski definition) is 3. The molecular weight excluding hydrogens is 290 g/mol. The lowest BCUT2D eigenvalue weighted by molar-refractivity contribution is 0.116. The first-order valence-electron chi connectivity index (χ1n) is 6.68. The van der Waals surface area contributed by atoms with Gasteiger partial charge in [-0.25, -0.2) is 0 Å². The summed E-state index contributed by atoms with van der Waals surface area (Å²) in [5.74, 6) is 0.768. The van der Waals surface area contributed by atoms with E-state index in [1.54, 1.807) is 0 Å². The molecule has 1 aliphatic heterocycles. The van der Waals surface area contributed by atoms with E-state index in [0.717, 1.165) is 35.7 Å². The summed E-state index contributed by atoms with van der Waals surface area (Å²) < 4.78 is 1.05. The fraction of sp³-hybridized carbons (Fsp3) is 0.643. The third-order valence-corrected chi connectivity index (χ3v) is 3.73. The molecule has 0 spiro atoms. The van der Waals surface area contributed by atoms with E-state index in [-0.39, 0.29) is 0 Å². The molecule has 0 bridgehead atoms. The van der Waals surface area contributed by atoms with Gasteiger partial charge in [0.1, 0.15) is 0 Å².